The minimum Gasteiger partial charge on any atom is -0.493 e. The highest BCUT2D eigenvalue weighted by atomic mass is 16.5. The molecular weight excluding hydrogens is 340 g/mol. The van der Waals surface area contributed by atoms with Gasteiger partial charge in [0.15, 0.2) is 0 Å². The molecule has 2 aromatic rings. The molecule has 0 saturated carbocycles. The summed E-state index contributed by atoms with van der Waals surface area (Å²) in [5.41, 5.74) is 3.07. The van der Waals surface area contributed by atoms with E-state index in [1.165, 1.54) is 18.4 Å². The van der Waals surface area contributed by atoms with Crippen LogP contribution in [-0.2, 0) is 11.2 Å². The van der Waals surface area contributed by atoms with Gasteiger partial charge in [-0.1, -0.05) is 18.2 Å². The molecule has 2 atom stereocenters. The molecule has 1 fully saturated rings. The Hall–Kier alpha value is -2.53. The number of ether oxygens (including phenoxy) is 2. The molecule has 0 bridgehead atoms. The zero-order chi connectivity index (χ0) is 18.2. The minimum atomic E-state index is -0.0286. The summed E-state index contributed by atoms with van der Waals surface area (Å²) in [7, 11) is 0. The Kier molecular flexibility index (Phi) is 4.24. The Morgan fingerprint density at radius 1 is 1.11 bits per heavy atom. The molecule has 3 aliphatic heterocycles. The van der Waals surface area contributed by atoms with Gasteiger partial charge in [0.1, 0.15) is 17.6 Å². The van der Waals surface area contributed by atoms with Gasteiger partial charge >= 0.3 is 0 Å². The van der Waals surface area contributed by atoms with Crippen molar-refractivity contribution in [1.82, 2.24) is 4.90 Å². The number of amides is 1. The molecule has 1 amide bonds. The summed E-state index contributed by atoms with van der Waals surface area (Å²) >= 11 is 0. The number of hydrogen-bond donors (Lipinski definition) is 1. The van der Waals surface area contributed by atoms with E-state index in [4.69, 9.17) is 9.47 Å². The van der Waals surface area contributed by atoms with Gasteiger partial charge in [-0.15, -0.1) is 0 Å². The Balaban J connectivity index is 1.36. The summed E-state index contributed by atoms with van der Waals surface area (Å²) in [6.07, 6.45) is 3.29. The Labute approximate surface area is 159 Å². The van der Waals surface area contributed by atoms with Crippen molar-refractivity contribution in [2.24, 2.45) is 5.92 Å². The summed E-state index contributed by atoms with van der Waals surface area (Å²) in [5, 5.41) is 3.04. The maximum Gasteiger partial charge on any atom is 0.238 e. The maximum absolute atomic E-state index is 12.4. The average Bonchev–Trinajstić information content (AvgIpc) is 3.19. The first-order valence-electron chi connectivity index (χ1n) is 9.80. The lowest BCUT2D eigenvalue weighted by atomic mass is 9.85. The highest BCUT2D eigenvalue weighted by molar-refractivity contribution is 5.92. The molecule has 5 nitrogen and oxygen atoms in total. The van der Waals surface area contributed by atoms with Gasteiger partial charge in [-0.3, -0.25) is 9.69 Å². The van der Waals surface area contributed by atoms with Crippen LogP contribution in [0.25, 0.3) is 0 Å². The van der Waals surface area contributed by atoms with Gasteiger partial charge < -0.3 is 14.8 Å². The lowest BCUT2D eigenvalue weighted by molar-refractivity contribution is -0.117. The Bertz CT molecular complexity index is 860. The summed E-state index contributed by atoms with van der Waals surface area (Å²) in [6.45, 7) is 3.15. The van der Waals surface area contributed by atoms with Gasteiger partial charge in [-0.05, 0) is 62.2 Å². The van der Waals surface area contributed by atoms with Crippen LogP contribution in [0, 0.1) is 5.92 Å². The second-order valence-electron chi connectivity index (χ2n) is 7.71. The molecular formula is C22H24N2O3. The van der Waals surface area contributed by atoms with Crippen LogP contribution in [-0.4, -0.2) is 37.0 Å². The van der Waals surface area contributed by atoms with Crippen LogP contribution in [0.4, 0.5) is 5.69 Å². The molecule has 5 rings (SSSR count). The molecule has 0 spiro atoms. The number of fused-ring (bicyclic) bond motifs is 4. The number of para-hydroxylation sites is 1. The third kappa shape index (κ3) is 3.28. The van der Waals surface area contributed by atoms with Crippen LogP contribution in [0.2, 0.25) is 0 Å². The monoisotopic (exact) mass is 364 g/mol. The fourth-order valence-corrected chi connectivity index (χ4v) is 4.39. The number of benzene rings is 2. The summed E-state index contributed by atoms with van der Waals surface area (Å²) in [6, 6.07) is 14.1. The van der Waals surface area contributed by atoms with Gasteiger partial charge in [-0.25, -0.2) is 0 Å². The highest BCUT2D eigenvalue weighted by Gasteiger charge is 2.37. The van der Waals surface area contributed by atoms with E-state index in [2.05, 4.69) is 16.3 Å². The van der Waals surface area contributed by atoms with Crippen LogP contribution in [0.15, 0.2) is 42.5 Å². The third-order valence-electron chi connectivity index (χ3n) is 5.76. The second kappa shape index (κ2) is 6.89. The minimum absolute atomic E-state index is 0.0286. The van der Waals surface area contributed by atoms with E-state index < -0.39 is 0 Å². The number of hydrogen-bond acceptors (Lipinski definition) is 4. The van der Waals surface area contributed by atoms with Crippen LogP contribution in [0.1, 0.15) is 30.1 Å². The van der Waals surface area contributed by atoms with E-state index in [1.54, 1.807) is 0 Å². The van der Waals surface area contributed by atoms with Crippen molar-refractivity contribution < 1.29 is 14.3 Å². The molecule has 27 heavy (non-hydrogen) atoms. The molecule has 5 heteroatoms. The second-order valence-corrected chi connectivity index (χ2v) is 7.71. The first-order valence-corrected chi connectivity index (χ1v) is 9.80. The number of carbonyl (C=O) groups excluding carboxylic acids is 1. The van der Waals surface area contributed by atoms with E-state index in [1.807, 2.05) is 36.4 Å². The average molecular weight is 364 g/mol. The highest BCUT2D eigenvalue weighted by Crippen LogP contribution is 2.45. The number of likely N-dealkylation sites (tertiary alicyclic amines) is 1. The van der Waals surface area contributed by atoms with Crippen molar-refractivity contribution >= 4 is 11.6 Å². The van der Waals surface area contributed by atoms with Gasteiger partial charge in [0, 0.05) is 17.2 Å². The zero-order valence-corrected chi connectivity index (χ0v) is 15.3. The Morgan fingerprint density at radius 2 is 1.96 bits per heavy atom. The van der Waals surface area contributed by atoms with Crippen molar-refractivity contribution in [3.63, 3.8) is 0 Å². The van der Waals surface area contributed by atoms with E-state index in [-0.39, 0.29) is 12.0 Å². The molecule has 1 saturated heterocycles. The molecule has 0 unspecified atom stereocenters. The lowest BCUT2D eigenvalue weighted by Gasteiger charge is -2.38. The number of nitrogens with one attached hydrogen (secondary N) is 1. The maximum atomic E-state index is 12.4. The van der Waals surface area contributed by atoms with Crippen LogP contribution in [0.5, 0.6) is 11.5 Å². The predicted molar refractivity (Wildman–Crippen MR) is 103 cm³/mol. The molecule has 140 valence electrons. The molecule has 0 aromatic heterocycles. The molecule has 1 N–H and O–H groups in total. The topological polar surface area (TPSA) is 50.8 Å². The standard InChI is InChI=1S/C22H24N2O3/c25-21(13-24-9-3-4-10-24)23-17-7-8-20-18(12-17)22-16(14-26-20)11-15-5-1-2-6-19(15)27-22/h1-2,5-8,12,16,22H,3-4,9-11,13-14H2,(H,23,25)/t16-,22-/m1/s1. The largest absolute Gasteiger partial charge is 0.493 e. The van der Waals surface area contributed by atoms with E-state index >= 15 is 0 Å². The van der Waals surface area contributed by atoms with E-state index in [0.717, 1.165) is 42.3 Å². The van der Waals surface area contributed by atoms with Crippen LogP contribution < -0.4 is 14.8 Å². The van der Waals surface area contributed by atoms with Gasteiger partial charge in [0.2, 0.25) is 5.91 Å². The van der Waals surface area contributed by atoms with Crippen molar-refractivity contribution in [2.75, 3.05) is 31.6 Å². The smallest absolute Gasteiger partial charge is 0.238 e. The first kappa shape index (κ1) is 16.6. The van der Waals surface area contributed by atoms with Crippen molar-refractivity contribution in [1.29, 1.82) is 0 Å². The predicted octanol–water partition coefficient (Wildman–Crippen LogP) is 3.41. The normalized spacial score (nSPS) is 23.4. The summed E-state index contributed by atoms with van der Waals surface area (Å²) < 4.78 is 12.3. The van der Waals surface area contributed by atoms with Crippen molar-refractivity contribution in [2.45, 2.75) is 25.4 Å². The number of anilines is 1. The summed E-state index contributed by atoms with van der Waals surface area (Å²) in [4.78, 5) is 14.6. The molecule has 0 radical (unpaired) electrons. The fourth-order valence-electron chi connectivity index (χ4n) is 4.39. The lowest BCUT2D eigenvalue weighted by Crippen LogP contribution is -2.34. The number of rotatable bonds is 3. The molecule has 3 aliphatic rings. The Morgan fingerprint density at radius 3 is 2.85 bits per heavy atom. The number of nitrogens with zero attached hydrogens (tertiary/aromatic N) is 1. The van der Waals surface area contributed by atoms with Crippen LogP contribution >= 0.6 is 0 Å². The van der Waals surface area contributed by atoms with Crippen molar-refractivity contribution in [3.8, 4) is 11.5 Å². The summed E-state index contributed by atoms with van der Waals surface area (Å²) in [5.74, 6) is 2.14. The van der Waals surface area contributed by atoms with Crippen LogP contribution in [0.3, 0.4) is 0 Å². The first-order chi connectivity index (χ1) is 13.3. The molecule has 3 heterocycles. The fraction of sp³-hybridized carbons (Fsp3) is 0.409. The molecule has 2 aromatic carbocycles. The number of carbonyl (C=O) groups is 1. The van der Waals surface area contributed by atoms with E-state index in [0.29, 0.717) is 19.1 Å². The van der Waals surface area contributed by atoms with Gasteiger partial charge in [0.25, 0.3) is 0 Å². The zero-order valence-electron chi connectivity index (χ0n) is 15.3. The van der Waals surface area contributed by atoms with Gasteiger partial charge in [-0.2, -0.15) is 0 Å². The molecule has 0 aliphatic carbocycles. The van der Waals surface area contributed by atoms with Crippen molar-refractivity contribution in [3.05, 3.63) is 53.6 Å². The van der Waals surface area contributed by atoms with Gasteiger partial charge in [0.05, 0.1) is 13.2 Å². The quantitative estimate of drug-likeness (QED) is 0.907. The SMILES string of the molecule is O=C(CN1CCCC1)Nc1ccc2c(c1)[C@@H]1Oc3ccccc3C[C@@H]1CO2. The third-order valence-corrected chi connectivity index (χ3v) is 5.76. The van der Waals surface area contributed by atoms with E-state index in [9.17, 15) is 4.79 Å².